The van der Waals surface area contributed by atoms with Crippen LogP contribution in [0.4, 0.5) is 11.4 Å². The molecule has 6 nitrogen and oxygen atoms in total. The molecule has 1 rings (SSSR count). The van der Waals surface area contributed by atoms with Crippen LogP contribution in [0.25, 0.3) is 0 Å². The van der Waals surface area contributed by atoms with Crippen LogP contribution in [-0.2, 0) is 0 Å². The van der Waals surface area contributed by atoms with Crippen LogP contribution in [0.5, 0.6) is 0 Å². The largest absolute Gasteiger partial charge is 0.545 e. The van der Waals surface area contributed by atoms with Gasteiger partial charge in [-0.25, -0.2) is 0 Å². The molecule has 0 spiro atoms. The second kappa shape index (κ2) is 3.33. The first-order chi connectivity index (χ1) is 6.45. The van der Waals surface area contributed by atoms with E-state index in [0.717, 1.165) is 6.07 Å². The number of nitro benzene ring substituents is 1. The van der Waals surface area contributed by atoms with Crippen LogP contribution in [-0.4, -0.2) is 10.9 Å². The second-order valence-corrected chi connectivity index (χ2v) is 2.74. The van der Waals surface area contributed by atoms with Gasteiger partial charge in [-0.15, -0.1) is 0 Å². The first-order valence-corrected chi connectivity index (χ1v) is 3.70. The van der Waals surface area contributed by atoms with E-state index in [1.807, 2.05) is 0 Å². The molecule has 0 aromatic heterocycles. The third-order valence-corrected chi connectivity index (χ3v) is 1.84. The highest BCUT2D eigenvalue weighted by Crippen LogP contribution is 2.28. The standard InChI is InChI=1S/C8H8N2O4/c1-4-2-3-5(8(11)12)7(6(4)9)10(13)14/h2-3H,9H2,1H3,(H,11,12)/p-1. The molecule has 0 amide bonds. The molecule has 0 bridgehead atoms. The van der Waals surface area contributed by atoms with E-state index in [0.29, 0.717) is 5.56 Å². The normalized spacial score (nSPS) is 9.79. The lowest BCUT2D eigenvalue weighted by Crippen LogP contribution is -2.24. The van der Waals surface area contributed by atoms with Gasteiger partial charge in [0.25, 0.3) is 0 Å². The first kappa shape index (κ1) is 9.97. The number of carbonyl (C=O) groups excluding carboxylic acids is 1. The highest BCUT2D eigenvalue weighted by molar-refractivity contribution is 5.94. The Labute approximate surface area is 79.1 Å². The summed E-state index contributed by atoms with van der Waals surface area (Å²) in [5.41, 5.74) is 4.60. The summed E-state index contributed by atoms with van der Waals surface area (Å²) in [5.74, 6) is -1.61. The van der Waals surface area contributed by atoms with Gasteiger partial charge in [-0.3, -0.25) is 10.1 Å². The van der Waals surface area contributed by atoms with Crippen molar-refractivity contribution in [1.82, 2.24) is 0 Å². The minimum absolute atomic E-state index is 0.142. The van der Waals surface area contributed by atoms with Gasteiger partial charge in [0.15, 0.2) is 0 Å². The number of nitrogens with two attached hydrogens (primary N) is 1. The molecule has 0 aliphatic rings. The maximum Gasteiger partial charge on any atom is 0.301 e. The lowest BCUT2D eigenvalue weighted by molar-refractivity contribution is -0.384. The van der Waals surface area contributed by atoms with Gasteiger partial charge < -0.3 is 15.6 Å². The van der Waals surface area contributed by atoms with E-state index in [1.165, 1.54) is 6.07 Å². The number of hydrogen-bond acceptors (Lipinski definition) is 5. The van der Waals surface area contributed by atoms with E-state index in [1.54, 1.807) is 6.92 Å². The van der Waals surface area contributed by atoms with Gasteiger partial charge in [0.05, 0.1) is 16.5 Å². The van der Waals surface area contributed by atoms with Crippen molar-refractivity contribution in [2.75, 3.05) is 5.73 Å². The Morgan fingerprint density at radius 3 is 2.50 bits per heavy atom. The topological polar surface area (TPSA) is 109 Å². The molecule has 74 valence electrons. The average molecular weight is 195 g/mol. The van der Waals surface area contributed by atoms with Gasteiger partial charge in [0, 0.05) is 0 Å². The van der Waals surface area contributed by atoms with Gasteiger partial charge in [-0.05, 0) is 18.6 Å². The number of carboxylic acid groups (broad SMARTS) is 1. The van der Waals surface area contributed by atoms with Crippen LogP contribution in [0.2, 0.25) is 0 Å². The summed E-state index contributed by atoms with van der Waals surface area (Å²) in [7, 11) is 0. The quantitative estimate of drug-likeness (QED) is 0.401. The Bertz CT molecular complexity index is 414. The summed E-state index contributed by atoms with van der Waals surface area (Å²) in [6, 6.07) is 2.51. The Morgan fingerprint density at radius 2 is 2.07 bits per heavy atom. The molecular formula is C8H7N2O4-. The number of nitro groups is 1. The van der Waals surface area contributed by atoms with Crippen molar-refractivity contribution in [1.29, 1.82) is 0 Å². The lowest BCUT2D eigenvalue weighted by atomic mass is 10.1. The van der Waals surface area contributed by atoms with Crippen LogP contribution >= 0.6 is 0 Å². The number of aryl methyl sites for hydroxylation is 1. The van der Waals surface area contributed by atoms with E-state index in [2.05, 4.69) is 0 Å². The van der Waals surface area contributed by atoms with E-state index in [-0.39, 0.29) is 5.69 Å². The molecule has 14 heavy (non-hydrogen) atoms. The van der Waals surface area contributed by atoms with E-state index in [4.69, 9.17) is 5.73 Å². The van der Waals surface area contributed by atoms with Crippen LogP contribution in [0.3, 0.4) is 0 Å². The van der Waals surface area contributed by atoms with Crippen molar-refractivity contribution >= 4 is 17.3 Å². The molecular weight excluding hydrogens is 188 g/mol. The molecule has 1 aromatic carbocycles. The van der Waals surface area contributed by atoms with Crippen LogP contribution < -0.4 is 10.8 Å². The smallest absolute Gasteiger partial charge is 0.301 e. The number of carboxylic acids is 1. The molecule has 0 radical (unpaired) electrons. The number of nitrogen functional groups attached to an aromatic ring is 1. The van der Waals surface area contributed by atoms with Gasteiger partial charge in [0.2, 0.25) is 0 Å². The molecule has 0 unspecified atom stereocenters. The van der Waals surface area contributed by atoms with Crippen LogP contribution in [0.1, 0.15) is 15.9 Å². The predicted molar refractivity (Wildman–Crippen MR) is 46.6 cm³/mol. The highest BCUT2D eigenvalue weighted by atomic mass is 16.6. The predicted octanol–water partition coefficient (Wildman–Crippen LogP) is -0.151. The highest BCUT2D eigenvalue weighted by Gasteiger charge is 2.19. The van der Waals surface area contributed by atoms with Crippen molar-refractivity contribution in [2.24, 2.45) is 0 Å². The third kappa shape index (κ3) is 1.49. The maximum absolute atomic E-state index is 10.5. The number of carbonyl (C=O) groups is 1. The monoisotopic (exact) mass is 195 g/mol. The number of nitrogens with zero attached hydrogens (tertiary/aromatic N) is 1. The summed E-state index contributed by atoms with van der Waals surface area (Å²) >= 11 is 0. The summed E-state index contributed by atoms with van der Waals surface area (Å²) in [4.78, 5) is 20.2. The van der Waals surface area contributed by atoms with Crippen LogP contribution in [0, 0.1) is 17.0 Å². The summed E-state index contributed by atoms with van der Waals surface area (Å²) in [6.45, 7) is 1.56. The SMILES string of the molecule is Cc1ccc(C(=O)[O-])c([N+](=O)[O-])c1N. The molecule has 0 fully saturated rings. The minimum Gasteiger partial charge on any atom is -0.545 e. The Balaban J connectivity index is 3.53. The number of aromatic carboxylic acids is 1. The molecule has 0 saturated heterocycles. The summed E-state index contributed by atoms with van der Waals surface area (Å²) in [5, 5.41) is 21.1. The fraction of sp³-hybridized carbons (Fsp3) is 0.125. The molecule has 0 heterocycles. The van der Waals surface area contributed by atoms with Crippen molar-refractivity contribution in [3.63, 3.8) is 0 Å². The molecule has 0 aliphatic carbocycles. The number of hydrogen-bond donors (Lipinski definition) is 1. The molecule has 0 aliphatic heterocycles. The Morgan fingerprint density at radius 1 is 1.50 bits per heavy atom. The lowest BCUT2D eigenvalue weighted by Gasteiger charge is -2.07. The van der Waals surface area contributed by atoms with Crippen molar-refractivity contribution in [3.05, 3.63) is 33.4 Å². The van der Waals surface area contributed by atoms with E-state index < -0.39 is 22.1 Å². The number of benzene rings is 1. The Hall–Kier alpha value is -2.11. The molecule has 6 heteroatoms. The van der Waals surface area contributed by atoms with Crippen molar-refractivity contribution in [2.45, 2.75) is 6.92 Å². The minimum atomic E-state index is -1.61. The summed E-state index contributed by atoms with van der Waals surface area (Å²) in [6.07, 6.45) is 0. The zero-order valence-electron chi connectivity index (χ0n) is 7.31. The number of rotatable bonds is 2. The van der Waals surface area contributed by atoms with Gasteiger partial charge in [-0.2, -0.15) is 0 Å². The van der Waals surface area contributed by atoms with Gasteiger partial charge >= 0.3 is 5.69 Å². The molecule has 0 atom stereocenters. The molecule has 0 saturated carbocycles. The first-order valence-electron chi connectivity index (χ1n) is 3.70. The zero-order valence-corrected chi connectivity index (χ0v) is 7.31. The fourth-order valence-corrected chi connectivity index (χ4v) is 1.07. The average Bonchev–Trinajstić information content (AvgIpc) is 2.08. The van der Waals surface area contributed by atoms with Crippen molar-refractivity contribution in [3.8, 4) is 0 Å². The molecule has 1 aromatic rings. The van der Waals surface area contributed by atoms with Crippen LogP contribution in [0.15, 0.2) is 12.1 Å². The number of anilines is 1. The van der Waals surface area contributed by atoms with Crippen molar-refractivity contribution < 1.29 is 14.8 Å². The second-order valence-electron chi connectivity index (χ2n) is 2.74. The maximum atomic E-state index is 10.5. The Kier molecular flexibility index (Phi) is 2.37. The third-order valence-electron chi connectivity index (χ3n) is 1.84. The van der Waals surface area contributed by atoms with E-state index in [9.17, 15) is 20.0 Å². The molecule has 2 N–H and O–H groups in total. The van der Waals surface area contributed by atoms with E-state index >= 15 is 0 Å². The zero-order chi connectivity index (χ0) is 10.9. The van der Waals surface area contributed by atoms with Gasteiger partial charge in [-0.1, -0.05) is 6.07 Å². The van der Waals surface area contributed by atoms with Gasteiger partial charge in [0.1, 0.15) is 5.69 Å². The summed E-state index contributed by atoms with van der Waals surface area (Å²) < 4.78 is 0. The fourth-order valence-electron chi connectivity index (χ4n) is 1.07.